The molecule has 0 unspecified atom stereocenters. The fourth-order valence-electron chi connectivity index (χ4n) is 5.91. The van der Waals surface area contributed by atoms with E-state index in [-0.39, 0.29) is 17.6 Å². The van der Waals surface area contributed by atoms with Gasteiger partial charge in [-0.2, -0.15) is 4.98 Å². The number of benzene rings is 2. The van der Waals surface area contributed by atoms with Gasteiger partial charge < -0.3 is 14.7 Å². The van der Waals surface area contributed by atoms with Crippen LogP contribution in [0.5, 0.6) is 0 Å². The smallest absolute Gasteiger partial charge is 0.253 e. The van der Waals surface area contributed by atoms with Crippen LogP contribution in [0.3, 0.4) is 0 Å². The Morgan fingerprint density at radius 2 is 1.70 bits per heavy atom. The normalized spacial score (nSPS) is 17.9. The Balaban J connectivity index is 1.26. The van der Waals surface area contributed by atoms with Crippen molar-refractivity contribution < 1.29 is 18.5 Å². The van der Waals surface area contributed by atoms with Crippen LogP contribution < -0.4 is 5.32 Å². The van der Waals surface area contributed by atoms with Gasteiger partial charge in [0.2, 0.25) is 17.6 Å². The average Bonchev–Trinajstić information content (AvgIpc) is 3.39. The second kappa shape index (κ2) is 10.8. The highest BCUT2D eigenvalue weighted by atomic mass is 19.1. The lowest BCUT2D eigenvalue weighted by Gasteiger charge is -2.46. The van der Waals surface area contributed by atoms with Crippen molar-refractivity contribution in [2.45, 2.75) is 58.4 Å². The largest absolute Gasteiger partial charge is 0.352 e. The van der Waals surface area contributed by atoms with Crippen LogP contribution in [0.2, 0.25) is 0 Å². The van der Waals surface area contributed by atoms with Crippen LogP contribution in [-0.4, -0.2) is 39.9 Å². The Bertz CT molecular complexity index is 1220. The number of carbonyl (C=O) groups is 2. The van der Waals surface area contributed by atoms with E-state index in [1.807, 2.05) is 17.0 Å². The molecule has 2 fully saturated rings. The van der Waals surface area contributed by atoms with Crippen molar-refractivity contribution in [2.24, 2.45) is 11.3 Å². The van der Waals surface area contributed by atoms with Gasteiger partial charge in [-0.05, 0) is 61.4 Å². The lowest BCUT2D eigenvalue weighted by Crippen LogP contribution is -2.53. The van der Waals surface area contributed by atoms with E-state index in [9.17, 15) is 14.0 Å². The minimum absolute atomic E-state index is 0.0280. The Labute approximate surface area is 216 Å². The fraction of sp³-hybridized carbons (Fsp3) is 0.448. The molecule has 2 aromatic carbocycles. The molecule has 1 aliphatic heterocycles. The fourth-order valence-corrected chi connectivity index (χ4v) is 5.91. The molecule has 0 atom stereocenters. The maximum atomic E-state index is 13.7. The summed E-state index contributed by atoms with van der Waals surface area (Å²) in [5.41, 5.74) is 1.80. The number of aryl methyl sites for hydroxylation is 1. The van der Waals surface area contributed by atoms with Crippen LogP contribution in [0.15, 0.2) is 53.1 Å². The second-order valence-electron chi connectivity index (χ2n) is 10.3. The summed E-state index contributed by atoms with van der Waals surface area (Å²) in [4.78, 5) is 33.1. The van der Waals surface area contributed by atoms with Crippen LogP contribution in [0.1, 0.15) is 66.8 Å². The van der Waals surface area contributed by atoms with Crippen LogP contribution >= 0.6 is 0 Å². The number of halogens is 1. The van der Waals surface area contributed by atoms with Crippen molar-refractivity contribution in [3.05, 3.63) is 71.4 Å². The zero-order valence-corrected chi connectivity index (χ0v) is 21.2. The topological polar surface area (TPSA) is 88.3 Å². The molecule has 194 valence electrons. The molecule has 0 spiro atoms. The lowest BCUT2D eigenvalue weighted by molar-refractivity contribution is -0.139. The maximum Gasteiger partial charge on any atom is 0.253 e. The predicted octanol–water partition coefficient (Wildman–Crippen LogP) is 5.30. The molecule has 2 heterocycles. The first-order valence-electron chi connectivity index (χ1n) is 13.2. The molecule has 7 nitrogen and oxygen atoms in total. The SMILES string of the molecule is Cc1nc(-c2ccc(C(=O)N3CCC(C(=O)NCc4ccc(F)cc4)(C4CCCCC4)CC3)cc2)no1. The van der Waals surface area contributed by atoms with E-state index in [0.717, 1.165) is 36.8 Å². The summed E-state index contributed by atoms with van der Waals surface area (Å²) < 4.78 is 18.3. The summed E-state index contributed by atoms with van der Waals surface area (Å²) >= 11 is 0. The monoisotopic (exact) mass is 504 g/mol. The third kappa shape index (κ3) is 5.43. The molecule has 5 rings (SSSR count). The van der Waals surface area contributed by atoms with Gasteiger partial charge >= 0.3 is 0 Å². The highest BCUT2D eigenvalue weighted by molar-refractivity contribution is 5.95. The zero-order valence-electron chi connectivity index (χ0n) is 21.2. The third-order valence-electron chi connectivity index (χ3n) is 8.07. The molecule has 2 aliphatic rings. The Morgan fingerprint density at radius 1 is 1.03 bits per heavy atom. The molecule has 8 heteroatoms. The minimum Gasteiger partial charge on any atom is -0.352 e. The van der Waals surface area contributed by atoms with Crippen LogP contribution in [0.25, 0.3) is 11.4 Å². The number of carbonyl (C=O) groups excluding carboxylic acids is 2. The number of piperidine rings is 1. The summed E-state index contributed by atoms with van der Waals surface area (Å²) in [6.45, 7) is 3.21. The first kappa shape index (κ1) is 25.1. The average molecular weight is 505 g/mol. The molecule has 1 aliphatic carbocycles. The molecule has 0 radical (unpaired) electrons. The van der Waals surface area contributed by atoms with Gasteiger partial charge in [0.15, 0.2) is 0 Å². The minimum atomic E-state index is -0.475. The molecule has 1 N–H and O–H groups in total. The number of amides is 2. The molecule has 3 aromatic rings. The highest BCUT2D eigenvalue weighted by Gasteiger charge is 2.48. The van der Waals surface area contributed by atoms with Crippen LogP contribution in [-0.2, 0) is 11.3 Å². The molecule has 0 bridgehead atoms. The van der Waals surface area contributed by atoms with Gasteiger partial charge in [0.1, 0.15) is 5.82 Å². The molecular formula is C29H33FN4O3. The van der Waals surface area contributed by atoms with Gasteiger partial charge in [-0.3, -0.25) is 9.59 Å². The number of rotatable bonds is 6. The van der Waals surface area contributed by atoms with E-state index < -0.39 is 5.41 Å². The van der Waals surface area contributed by atoms with E-state index >= 15 is 0 Å². The Kier molecular flexibility index (Phi) is 7.35. The van der Waals surface area contributed by atoms with Crippen molar-refractivity contribution in [3.8, 4) is 11.4 Å². The number of hydrogen-bond acceptors (Lipinski definition) is 5. The van der Waals surface area contributed by atoms with E-state index in [4.69, 9.17) is 4.52 Å². The van der Waals surface area contributed by atoms with Crippen molar-refractivity contribution in [1.82, 2.24) is 20.4 Å². The highest BCUT2D eigenvalue weighted by Crippen LogP contribution is 2.46. The summed E-state index contributed by atoms with van der Waals surface area (Å²) in [6, 6.07) is 13.5. The number of hydrogen-bond donors (Lipinski definition) is 1. The molecule has 1 saturated carbocycles. The Hall–Kier alpha value is -3.55. The van der Waals surface area contributed by atoms with E-state index in [1.54, 1.807) is 31.2 Å². The molecule has 1 saturated heterocycles. The summed E-state index contributed by atoms with van der Waals surface area (Å²) in [7, 11) is 0. The van der Waals surface area contributed by atoms with Crippen LogP contribution in [0, 0.1) is 24.1 Å². The molecule has 37 heavy (non-hydrogen) atoms. The molecular weight excluding hydrogens is 471 g/mol. The van der Waals surface area contributed by atoms with E-state index in [0.29, 0.717) is 55.7 Å². The molecule has 2 amide bonds. The van der Waals surface area contributed by atoms with Crippen molar-refractivity contribution in [2.75, 3.05) is 13.1 Å². The van der Waals surface area contributed by atoms with Crippen molar-refractivity contribution >= 4 is 11.8 Å². The van der Waals surface area contributed by atoms with Gasteiger partial charge in [-0.15, -0.1) is 0 Å². The van der Waals surface area contributed by atoms with Crippen molar-refractivity contribution in [3.63, 3.8) is 0 Å². The van der Waals surface area contributed by atoms with Crippen molar-refractivity contribution in [1.29, 1.82) is 0 Å². The summed E-state index contributed by atoms with van der Waals surface area (Å²) in [5.74, 6) is 1.06. The van der Waals surface area contributed by atoms with Gasteiger partial charge in [0.25, 0.3) is 5.91 Å². The quantitative estimate of drug-likeness (QED) is 0.492. The number of nitrogens with zero attached hydrogens (tertiary/aromatic N) is 3. The summed E-state index contributed by atoms with van der Waals surface area (Å²) in [6.07, 6.45) is 6.91. The predicted molar refractivity (Wildman–Crippen MR) is 137 cm³/mol. The Morgan fingerprint density at radius 3 is 2.32 bits per heavy atom. The zero-order chi connectivity index (χ0) is 25.8. The number of nitrogens with one attached hydrogen (secondary N) is 1. The third-order valence-corrected chi connectivity index (χ3v) is 8.07. The number of aromatic nitrogens is 2. The maximum absolute atomic E-state index is 13.7. The van der Waals surface area contributed by atoms with Crippen LogP contribution in [0.4, 0.5) is 4.39 Å². The lowest BCUT2D eigenvalue weighted by atomic mass is 9.63. The molecule has 1 aromatic heterocycles. The number of likely N-dealkylation sites (tertiary alicyclic amines) is 1. The second-order valence-corrected chi connectivity index (χ2v) is 10.3. The first-order chi connectivity index (χ1) is 17.9. The van der Waals surface area contributed by atoms with E-state index in [1.165, 1.54) is 18.6 Å². The van der Waals surface area contributed by atoms with Gasteiger partial charge in [0, 0.05) is 37.7 Å². The standard InChI is InChI=1S/C29H33FN4O3/c1-20-32-26(33-37-20)22-9-11-23(12-10-22)27(35)34-17-15-29(16-18-34,24-5-3-2-4-6-24)28(36)31-19-21-7-13-25(30)14-8-21/h7-14,24H,2-6,15-19H2,1H3,(H,31,36). The summed E-state index contributed by atoms with van der Waals surface area (Å²) in [5, 5.41) is 7.07. The van der Waals surface area contributed by atoms with Gasteiger partial charge in [-0.1, -0.05) is 48.7 Å². The van der Waals surface area contributed by atoms with E-state index in [2.05, 4.69) is 15.5 Å². The van der Waals surface area contributed by atoms with Gasteiger partial charge in [0.05, 0.1) is 5.41 Å². The first-order valence-corrected chi connectivity index (χ1v) is 13.2. The van der Waals surface area contributed by atoms with Gasteiger partial charge in [-0.25, -0.2) is 4.39 Å².